The molecule has 86 valence electrons. The fraction of sp³-hybridized carbons (Fsp3) is 1.00. The molecule has 0 bridgehead atoms. The van der Waals surface area contributed by atoms with Crippen LogP contribution in [-0.4, -0.2) is 62.3 Å². The molecule has 0 aromatic heterocycles. The molecule has 0 saturated heterocycles. The lowest BCUT2D eigenvalue weighted by Gasteiger charge is -2.43. The molecule has 2 heteroatoms. The number of likely N-dealkylation sites (N-methyl/N-ethyl adjacent to an activating group) is 2. The molecular weight excluding hydrogens is 172 g/mol. The summed E-state index contributed by atoms with van der Waals surface area (Å²) < 4.78 is 2.33. The quantitative estimate of drug-likeness (QED) is 0.578. The van der Waals surface area contributed by atoms with Crippen LogP contribution >= 0.6 is 0 Å². The summed E-state index contributed by atoms with van der Waals surface area (Å²) in [7, 11) is 6.85. The second-order valence-corrected chi connectivity index (χ2v) is 5.49. The largest absolute Gasteiger partial charge is 0.326 e. The predicted molar refractivity (Wildman–Crippen MR) is 64.2 cm³/mol. The standard InChI is InChI=1S/C12H30N2/c1-8-14(9-2,10-3)12(4)11-13(5,6)7/h12H,8-11H2,1-7H3/q+2. The van der Waals surface area contributed by atoms with Gasteiger partial charge in [-0.2, -0.15) is 0 Å². The van der Waals surface area contributed by atoms with Gasteiger partial charge >= 0.3 is 0 Å². The van der Waals surface area contributed by atoms with Gasteiger partial charge in [-0.1, -0.05) is 0 Å². The van der Waals surface area contributed by atoms with Gasteiger partial charge in [-0.3, -0.25) is 0 Å². The van der Waals surface area contributed by atoms with Gasteiger partial charge in [0.1, 0.15) is 12.6 Å². The third-order valence-corrected chi connectivity index (χ3v) is 3.64. The Morgan fingerprint density at radius 2 is 1.21 bits per heavy atom. The zero-order valence-corrected chi connectivity index (χ0v) is 11.3. The van der Waals surface area contributed by atoms with E-state index in [1.807, 2.05) is 0 Å². The molecule has 0 aromatic rings. The van der Waals surface area contributed by atoms with Crippen molar-refractivity contribution < 1.29 is 8.97 Å². The van der Waals surface area contributed by atoms with E-state index < -0.39 is 0 Å². The number of rotatable bonds is 6. The highest BCUT2D eigenvalue weighted by atomic mass is 15.4. The summed E-state index contributed by atoms with van der Waals surface area (Å²) in [5, 5.41) is 0. The minimum absolute atomic E-state index is 0.759. The summed E-state index contributed by atoms with van der Waals surface area (Å²) in [4.78, 5) is 0. The summed E-state index contributed by atoms with van der Waals surface area (Å²) >= 11 is 0. The molecule has 0 saturated carbocycles. The highest BCUT2D eigenvalue weighted by Gasteiger charge is 2.32. The maximum absolute atomic E-state index is 2.40. The monoisotopic (exact) mass is 202 g/mol. The summed E-state index contributed by atoms with van der Waals surface area (Å²) in [5.41, 5.74) is 0. The molecule has 0 heterocycles. The van der Waals surface area contributed by atoms with Crippen molar-refractivity contribution in [3.8, 4) is 0 Å². The SMILES string of the molecule is CC[N+](CC)(CC)C(C)C[N+](C)(C)C. The van der Waals surface area contributed by atoms with Crippen molar-refractivity contribution in [1.82, 2.24) is 0 Å². The molecule has 0 aliphatic heterocycles. The summed E-state index contributed by atoms with van der Waals surface area (Å²) in [6, 6.07) is 0.759. The Kier molecular flexibility index (Phi) is 5.10. The van der Waals surface area contributed by atoms with Gasteiger partial charge in [0.2, 0.25) is 0 Å². The first-order valence-electron chi connectivity index (χ1n) is 5.97. The van der Waals surface area contributed by atoms with Gasteiger partial charge in [0.15, 0.2) is 0 Å². The molecule has 0 fully saturated rings. The fourth-order valence-electron chi connectivity index (χ4n) is 2.57. The van der Waals surface area contributed by atoms with Crippen molar-refractivity contribution in [2.75, 3.05) is 47.3 Å². The minimum atomic E-state index is 0.759. The van der Waals surface area contributed by atoms with Crippen molar-refractivity contribution >= 4 is 0 Å². The van der Waals surface area contributed by atoms with Crippen LogP contribution in [0.15, 0.2) is 0 Å². The molecule has 0 amide bonds. The van der Waals surface area contributed by atoms with Crippen molar-refractivity contribution in [1.29, 1.82) is 0 Å². The van der Waals surface area contributed by atoms with E-state index in [1.165, 1.54) is 30.7 Å². The maximum Gasteiger partial charge on any atom is 0.136 e. The van der Waals surface area contributed by atoms with Crippen molar-refractivity contribution in [3.63, 3.8) is 0 Å². The van der Waals surface area contributed by atoms with Crippen LogP contribution in [0.1, 0.15) is 27.7 Å². The van der Waals surface area contributed by atoms with Crippen LogP contribution in [0, 0.1) is 0 Å². The molecule has 2 nitrogen and oxygen atoms in total. The van der Waals surface area contributed by atoms with Crippen LogP contribution in [0.2, 0.25) is 0 Å². The van der Waals surface area contributed by atoms with E-state index in [0.29, 0.717) is 0 Å². The van der Waals surface area contributed by atoms with Crippen LogP contribution in [0.25, 0.3) is 0 Å². The first-order valence-corrected chi connectivity index (χ1v) is 5.97. The van der Waals surface area contributed by atoms with Gasteiger partial charge in [0.05, 0.1) is 40.8 Å². The fourth-order valence-corrected chi connectivity index (χ4v) is 2.57. The zero-order valence-electron chi connectivity index (χ0n) is 11.3. The average Bonchev–Trinajstić information content (AvgIpc) is 2.05. The number of quaternary nitrogens is 2. The van der Waals surface area contributed by atoms with Crippen LogP contribution in [-0.2, 0) is 0 Å². The Bertz CT molecular complexity index is 146. The van der Waals surface area contributed by atoms with Gasteiger partial charge in [-0.25, -0.2) is 0 Å². The third-order valence-electron chi connectivity index (χ3n) is 3.64. The second kappa shape index (κ2) is 5.13. The molecular formula is C12H30N2+2. The van der Waals surface area contributed by atoms with Crippen LogP contribution < -0.4 is 0 Å². The lowest BCUT2D eigenvalue weighted by atomic mass is 10.1. The van der Waals surface area contributed by atoms with Gasteiger partial charge < -0.3 is 8.97 Å². The van der Waals surface area contributed by atoms with Gasteiger partial charge in [0.25, 0.3) is 0 Å². The third kappa shape index (κ3) is 3.58. The Hall–Kier alpha value is -0.0800. The molecule has 0 N–H and O–H groups in total. The minimum Gasteiger partial charge on any atom is -0.326 e. The van der Waals surface area contributed by atoms with Crippen molar-refractivity contribution in [3.05, 3.63) is 0 Å². The van der Waals surface area contributed by atoms with E-state index in [-0.39, 0.29) is 0 Å². The lowest BCUT2D eigenvalue weighted by Crippen LogP contribution is -2.59. The smallest absolute Gasteiger partial charge is 0.136 e. The predicted octanol–water partition coefficient (Wildman–Crippen LogP) is 1.96. The Morgan fingerprint density at radius 1 is 0.857 bits per heavy atom. The molecule has 0 spiro atoms. The van der Waals surface area contributed by atoms with Gasteiger partial charge in [0, 0.05) is 0 Å². The summed E-state index contributed by atoms with van der Waals surface area (Å²) in [6.07, 6.45) is 0. The molecule has 0 aliphatic rings. The van der Waals surface area contributed by atoms with Crippen molar-refractivity contribution in [2.24, 2.45) is 0 Å². The molecule has 0 aliphatic carbocycles. The van der Waals surface area contributed by atoms with Crippen LogP contribution in [0.5, 0.6) is 0 Å². The van der Waals surface area contributed by atoms with Gasteiger partial charge in [-0.05, 0) is 27.7 Å². The lowest BCUT2D eigenvalue weighted by molar-refractivity contribution is -0.977. The highest BCUT2D eigenvalue weighted by molar-refractivity contribution is 4.51. The average molecular weight is 202 g/mol. The van der Waals surface area contributed by atoms with Crippen LogP contribution in [0.3, 0.4) is 0 Å². The molecule has 0 radical (unpaired) electrons. The first-order chi connectivity index (χ1) is 6.31. The summed E-state index contributed by atoms with van der Waals surface area (Å²) in [6.45, 7) is 14.4. The number of hydrogen-bond acceptors (Lipinski definition) is 0. The van der Waals surface area contributed by atoms with E-state index in [1.54, 1.807) is 0 Å². The summed E-state index contributed by atoms with van der Waals surface area (Å²) in [5.74, 6) is 0. The van der Waals surface area contributed by atoms with E-state index in [2.05, 4.69) is 48.8 Å². The number of hydrogen-bond donors (Lipinski definition) is 0. The first kappa shape index (κ1) is 13.9. The second-order valence-electron chi connectivity index (χ2n) is 5.49. The highest BCUT2D eigenvalue weighted by Crippen LogP contribution is 2.15. The van der Waals surface area contributed by atoms with E-state index >= 15 is 0 Å². The van der Waals surface area contributed by atoms with E-state index in [0.717, 1.165) is 10.5 Å². The topological polar surface area (TPSA) is 0 Å². The van der Waals surface area contributed by atoms with Crippen molar-refractivity contribution in [2.45, 2.75) is 33.7 Å². The molecule has 0 rings (SSSR count). The Morgan fingerprint density at radius 3 is 1.43 bits per heavy atom. The van der Waals surface area contributed by atoms with Gasteiger partial charge in [-0.15, -0.1) is 0 Å². The number of nitrogens with zero attached hydrogens (tertiary/aromatic N) is 2. The Balaban J connectivity index is 4.52. The van der Waals surface area contributed by atoms with E-state index in [4.69, 9.17) is 0 Å². The molecule has 0 aromatic carbocycles. The zero-order chi connectivity index (χ0) is 11.4. The molecule has 1 unspecified atom stereocenters. The molecule has 14 heavy (non-hydrogen) atoms. The maximum atomic E-state index is 2.40. The van der Waals surface area contributed by atoms with E-state index in [9.17, 15) is 0 Å². The molecule has 1 atom stereocenters. The Labute approximate surface area is 90.7 Å². The van der Waals surface area contributed by atoms with Crippen LogP contribution in [0.4, 0.5) is 0 Å². The normalized spacial score (nSPS) is 15.6.